The Morgan fingerprint density at radius 1 is 1.29 bits per heavy atom. The zero-order chi connectivity index (χ0) is 9.97. The first-order chi connectivity index (χ1) is 6.81. The molecule has 0 aliphatic rings. The van der Waals surface area contributed by atoms with E-state index in [2.05, 4.69) is 42.4 Å². The highest BCUT2D eigenvalue weighted by Gasteiger charge is 2.04. The van der Waals surface area contributed by atoms with Gasteiger partial charge >= 0.3 is 0 Å². The topological polar surface area (TPSA) is 17.8 Å². The van der Waals surface area contributed by atoms with Crippen LogP contribution in [0.1, 0.15) is 12.5 Å². The molecule has 0 radical (unpaired) electrons. The van der Waals surface area contributed by atoms with Crippen molar-refractivity contribution in [2.45, 2.75) is 13.3 Å². The Labute approximate surface area is 84.2 Å². The van der Waals surface area contributed by atoms with E-state index >= 15 is 0 Å². The third-order valence-corrected chi connectivity index (χ3v) is 2.38. The van der Waals surface area contributed by atoms with Gasteiger partial charge in [0.15, 0.2) is 0 Å². The molecule has 1 aromatic carbocycles. The molecule has 0 N–H and O–H groups in total. The van der Waals surface area contributed by atoms with Crippen molar-refractivity contribution in [2.24, 2.45) is 7.05 Å². The summed E-state index contributed by atoms with van der Waals surface area (Å²) in [6.45, 7) is 2.17. The van der Waals surface area contributed by atoms with Gasteiger partial charge in [-0.05, 0) is 12.0 Å². The first-order valence-electron chi connectivity index (χ1n) is 4.87. The summed E-state index contributed by atoms with van der Waals surface area (Å²) in [5.41, 5.74) is 3.66. The number of aromatic nitrogens is 2. The molecule has 72 valence electrons. The van der Waals surface area contributed by atoms with Crippen LogP contribution >= 0.6 is 0 Å². The Bertz CT molecular complexity index is 429. The maximum atomic E-state index is 4.36. The molecule has 2 aromatic rings. The van der Waals surface area contributed by atoms with Crippen LogP contribution in [0.3, 0.4) is 0 Å². The Hall–Kier alpha value is -1.57. The Balaban J connectivity index is 2.50. The summed E-state index contributed by atoms with van der Waals surface area (Å²) in [5, 5.41) is 0. The predicted octanol–water partition coefficient (Wildman–Crippen LogP) is 2.65. The molecule has 2 nitrogen and oxygen atoms in total. The van der Waals surface area contributed by atoms with Crippen LogP contribution in [-0.4, -0.2) is 9.55 Å². The molecule has 0 amide bonds. The second kappa shape index (κ2) is 3.66. The highest BCUT2D eigenvalue weighted by atomic mass is 15.0. The molecule has 0 unspecified atom stereocenters. The van der Waals surface area contributed by atoms with Crippen LogP contribution in [0, 0.1) is 0 Å². The number of hydrogen-bond acceptors (Lipinski definition) is 1. The van der Waals surface area contributed by atoms with Crippen molar-refractivity contribution < 1.29 is 0 Å². The second-order valence-electron chi connectivity index (χ2n) is 3.44. The predicted molar refractivity (Wildman–Crippen MR) is 58.0 cm³/mol. The maximum absolute atomic E-state index is 4.36. The van der Waals surface area contributed by atoms with Crippen LogP contribution in [0.25, 0.3) is 11.3 Å². The maximum Gasteiger partial charge on any atom is 0.0951 e. The van der Waals surface area contributed by atoms with Gasteiger partial charge in [0.25, 0.3) is 0 Å². The molecule has 1 heterocycles. The van der Waals surface area contributed by atoms with E-state index in [1.165, 1.54) is 11.1 Å². The average molecular weight is 186 g/mol. The van der Waals surface area contributed by atoms with Crippen LogP contribution in [0.4, 0.5) is 0 Å². The SMILES string of the molecule is CCc1ccccc1-c1cn(C)cn1. The summed E-state index contributed by atoms with van der Waals surface area (Å²) in [5.74, 6) is 0. The van der Waals surface area contributed by atoms with Crippen LogP contribution in [0.2, 0.25) is 0 Å². The van der Waals surface area contributed by atoms with Crippen molar-refractivity contribution in [1.82, 2.24) is 9.55 Å². The van der Waals surface area contributed by atoms with Gasteiger partial charge in [-0.1, -0.05) is 31.2 Å². The van der Waals surface area contributed by atoms with Gasteiger partial charge in [0, 0.05) is 18.8 Å². The fourth-order valence-electron chi connectivity index (χ4n) is 1.63. The minimum atomic E-state index is 1.05. The van der Waals surface area contributed by atoms with E-state index in [4.69, 9.17) is 0 Å². The average Bonchev–Trinajstić information content (AvgIpc) is 2.65. The van der Waals surface area contributed by atoms with Gasteiger partial charge < -0.3 is 4.57 Å². The molecule has 0 aliphatic heterocycles. The summed E-state index contributed by atoms with van der Waals surface area (Å²) in [7, 11) is 1.99. The number of aryl methyl sites for hydroxylation is 2. The van der Waals surface area contributed by atoms with Crippen molar-refractivity contribution in [2.75, 3.05) is 0 Å². The molecule has 0 saturated heterocycles. The minimum Gasteiger partial charge on any atom is -0.340 e. The molecule has 0 saturated carbocycles. The lowest BCUT2D eigenvalue weighted by Crippen LogP contribution is -1.86. The molecular weight excluding hydrogens is 172 g/mol. The van der Waals surface area contributed by atoms with Gasteiger partial charge in [-0.15, -0.1) is 0 Å². The van der Waals surface area contributed by atoms with E-state index < -0.39 is 0 Å². The van der Waals surface area contributed by atoms with E-state index in [1.54, 1.807) is 0 Å². The van der Waals surface area contributed by atoms with E-state index in [1.807, 2.05) is 17.9 Å². The first kappa shape index (κ1) is 9.00. The third kappa shape index (κ3) is 1.55. The standard InChI is InChI=1S/C12H14N2/c1-3-10-6-4-5-7-11(10)12-8-14(2)9-13-12/h4-9H,3H2,1-2H3. The molecule has 1 aromatic heterocycles. The van der Waals surface area contributed by atoms with Crippen molar-refractivity contribution >= 4 is 0 Å². The molecular formula is C12H14N2. The number of imidazole rings is 1. The Kier molecular flexibility index (Phi) is 2.35. The summed E-state index contributed by atoms with van der Waals surface area (Å²) < 4.78 is 1.97. The van der Waals surface area contributed by atoms with Crippen LogP contribution in [-0.2, 0) is 13.5 Å². The van der Waals surface area contributed by atoms with Gasteiger partial charge in [-0.3, -0.25) is 0 Å². The van der Waals surface area contributed by atoms with Gasteiger partial charge in [0.05, 0.1) is 12.0 Å². The van der Waals surface area contributed by atoms with E-state index in [0.29, 0.717) is 0 Å². The van der Waals surface area contributed by atoms with E-state index in [-0.39, 0.29) is 0 Å². The normalized spacial score (nSPS) is 10.4. The third-order valence-electron chi connectivity index (χ3n) is 2.38. The smallest absolute Gasteiger partial charge is 0.0951 e. The highest BCUT2D eigenvalue weighted by molar-refractivity contribution is 5.62. The minimum absolute atomic E-state index is 1.05. The fourth-order valence-corrected chi connectivity index (χ4v) is 1.63. The second-order valence-corrected chi connectivity index (χ2v) is 3.44. The van der Waals surface area contributed by atoms with Gasteiger partial charge in [0.1, 0.15) is 0 Å². The molecule has 14 heavy (non-hydrogen) atoms. The summed E-state index contributed by atoms with van der Waals surface area (Å²) in [6, 6.07) is 8.42. The summed E-state index contributed by atoms with van der Waals surface area (Å²) in [6.07, 6.45) is 4.93. The van der Waals surface area contributed by atoms with Crippen LogP contribution in [0.15, 0.2) is 36.8 Å². The van der Waals surface area contributed by atoms with Crippen LogP contribution in [0.5, 0.6) is 0 Å². The molecule has 0 atom stereocenters. The fraction of sp³-hybridized carbons (Fsp3) is 0.250. The zero-order valence-electron chi connectivity index (χ0n) is 8.57. The lowest BCUT2D eigenvalue weighted by atomic mass is 10.0. The van der Waals surface area contributed by atoms with E-state index in [0.717, 1.165) is 12.1 Å². The molecule has 0 spiro atoms. The van der Waals surface area contributed by atoms with Crippen molar-refractivity contribution in [3.8, 4) is 11.3 Å². The van der Waals surface area contributed by atoms with Crippen molar-refractivity contribution in [1.29, 1.82) is 0 Å². The zero-order valence-corrected chi connectivity index (χ0v) is 8.57. The number of hydrogen-bond donors (Lipinski definition) is 0. The number of nitrogens with zero attached hydrogens (tertiary/aromatic N) is 2. The first-order valence-corrected chi connectivity index (χ1v) is 4.87. The Morgan fingerprint density at radius 2 is 2.07 bits per heavy atom. The van der Waals surface area contributed by atoms with Gasteiger partial charge in [-0.2, -0.15) is 0 Å². The van der Waals surface area contributed by atoms with Crippen molar-refractivity contribution in [3.05, 3.63) is 42.4 Å². The molecule has 2 rings (SSSR count). The summed E-state index contributed by atoms with van der Waals surface area (Å²) in [4.78, 5) is 4.36. The monoisotopic (exact) mass is 186 g/mol. The van der Waals surface area contributed by atoms with Crippen LogP contribution < -0.4 is 0 Å². The quantitative estimate of drug-likeness (QED) is 0.705. The van der Waals surface area contributed by atoms with Crippen molar-refractivity contribution in [3.63, 3.8) is 0 Å². The molecule has 0 bridgehead atoms. The number of benzene rings is 1. The van der Waals surface area contributed by atoms with Gasteiger partial charge in [-0.25, -0.2) is 4.98 Å². The highest BCUT2D eigenvalue weighted by Crippen LogP contribution is 2.21. The van der Waals surface area contributed by atoms with Gasteiger partial charge in [0.2, 0.25) is 0 Å². The molecule has 0 fully saturated rings. The largest absolute Gasteiger partial charge is 0.340 e. The molecule has 2 heteroatoms. The molecule has 0 aliphatic carbocycles. The lowest BCUT2D eigenvalue weighted by molar-refractivity contribution is 0.913. The van der Waals surface area contributed by atoms with E-state index in [9.17, 15) is 0 Å². The summed E-state index contributed by atoms with van der Waals surface area (Å²) >= 11 is 0. The lowest BCUT2D eigenvalue weighted by Gasteiger charge is -2.03. The Morgan fingerprint density at radius 3 is 2.71 bits per heavy atom. The number of rotatable bonds is 2.